The molecule has 0 aliphatic carbocycles. The average Bonchev–Trinajstić information content (AvgIpc) is 2.78. The van der Waals surface area contributed by atoms with E-state index in [9.17, 15) is 14.4 Å². The Labute approximate surface area is 181 Å². The van der Waals surface area contributed by atoms with Crippen molar-refractivity contribution in [2.75, 3.05) is 18.5 Å². The van der Waals surface area contributed by atoms with Gasteiger partial charge in [0.15, 0.2) is 6.61 Å². The molecule has 0 radical (unpaired) electrons. The van der Waals surface area contributed by atoms with Gasteiger partial charge in [-0.05, 0) is 43.2 Å². The molecule has 2 N–H and O–H groups in total. The minimum atomic E-state index is -0.578. The molecule has 3 aromatic carbocycles. The number of benzene rings is 3. The number of rotatable bonds is 8. The maximum atomic E-state index is 12.6. The molecule has 0 aromatic heterocycles. The Morgan fingerprint density at radius 1 is 0.871 bits per heavy atom. The summed E-state index contributed by atoms with van der Waals surface area (Å²) in [4.78, 5) is 36.9. The Kier molecular flexibility index (Phi) is 7.54. The molecule has 3 rings (SSSR count). The number of anilines is 1. The van der Waals surface area contributed by atoms with Gasteiger partial charge < -0.3 is 15.4 Å². The standard InChI is InChI=1S/C25H24N2O4/c1-18-8-7-11-20(16-18)25(30)31-17-23(28)27-22-13-6-5-12-21(22)24(29)26-15-14-19-9-3-2-4-10-19/h2-13,16H,14-15,17H2,1H3,(H,26,29)(H,27,28). The summed E-state index contributed by atoms with van der Waals surface area (Å²) in [5.74, 6) is -1.39. The van der Waals surface area contributed by atoms with Crippen LogP contribution in [-0.2, 0) is 16.0 Å². The predicted molar refractivity (Wildman–Crippen MR) is 119 cm³/mol. The molecule has 0 saturated heterocycles. The van der Waals surface area contributed by atoms with Gasteiger partial charge in [0.05, 0.1) is 16.8 Å². The maximum Gasteiger partial charge on any atom is 0.338 e. The molecule has 0 aliphatic rings. The number of ether oxygens (including phenoxy) is 1. The highest BCUT2D eigenvalue weighted by Gasteiger charge is 2.15. The molecule has 6 heteroatoms. The largest absolute Gasteiger partial charge is 0.452 e. The van der Waals surface area contributed by atoms with E-state index in [0.717, 1.165) is 11.1 Å². The zero-order valence-electron chi connectivity index (χ0n) is 17.3. The second kappa shape index (κ2) is 10.7. The highest BCUT2D eigenvalue weighted by Crippen LogP contribution is 2.15. The molecule has 0 aliphatic heterocycles. The van der Waals surface area contributed by atoms with Gasteiger partial charge in [0.1, 0.15) is 0 Å². The van der Waals surface area contributed by atoms with Gasteiger partial charge in [0.2, 0.25) is 0 Å². The molecular formula is C25H24N2O4. The number of hydrogen-bond donors (Lipinski definition) is 2. The lowest BCUT2D eigenvalue weighted by Crippen LogP contribution is -2.28. The number of para-hydroxylation sites is 1. The lowest BCUT2D eigenvalue weighted by Gasteiger charge is -2.12. The van der Waals surface area contributed by atoms with Crippen molar-refractivity contribution < 1.29 is 19.1 Å². The summed E-state index contributed by atoms with van der Waals surface area (Å²) in [6, 6.07) is 23.5. The SMILES string of the molecule is Cc1cccc(C(=O)OCC(=O)Nc2ccccc2C(=O)NCCc2ccccc2)c1. The second-order valence-electron chi connectivity index (χ2n) is 7.03. The van der Waals surface area contributed by atoms with E-state index < -0.39 is 18.5 Å². The van der Waals surface area contributed by atoms with Crippen LogP contribution in [-0.4, -0.2) is 30.9 Å². The molecule has 0 bridgehead atoms. The van der Waals surface area contributed by atoms with Crippen molar-refractivity contribution in [3.63, 3.8) is 0 Å². The van der Waals surface area contributed by atoms with Crippen LogP contribution in [0.3, 0.4) is 0 Å². The van der Waals surface area contributed by atoms with Gasteiger partial charge in [-0.2, -0.15) is 0 Å². The first-order valence-electron chi connectivity index (χ1n) is 9.98. The monoisotopic (exact) mass is 416 g/mol. The summed E-state index contributed by atoms with van der Waals surface area (Å²) in [6.45, 7) is 1.89. The normalized spacial score (nSPS) is 10.2. The van der Waals surface area contributed by atoms with E-state index in [-0.39, 0.29) is 5.91 Å². The Morgan fingerprint density at radius 3 is 2.39 bits per heavy atom. The highest BCUT2D eigenvalue weighted by atomic mass is 16.5. The van der Waals surface area contributed by atoms with E-state index in [0.29, 0.717) is 29.8 Å². The van der Waals surface area contributed by atoms with Crippen LogP contribution in [0.2, 0.25) is 0 Å². The number of amides is 2. The van der Waals surface area contributed by atoms with E-state index >= 15 is 0 Å². The van der Waals surface area contributed by atoms with Crippen molar-refractivity contribution in [1.29, 1.82) is 0 Å². The number of carbonyl (C=O) groups excluding carboxylic acids is 3. The van der Waals surface area contributed by atoms with Gasteiger partial charge in [-0.3, -0.25) is 9.59 Å². The Balaban J connectivity index is 1.53. The topological polar surface area (TPSA) is 84.5 Å². The molecule has 0 spiro atoms. The minimum Gasteiger partial charge on any atom is -0.452 e. The fourth-order valence-corrected chi connectivity index (χ4v) is 3.02. The van der Waals surface area contributed by atoms with Gasteiger partial charge in [-0.1, -0.05) is 60.2 Å². The van der Waals surface area contributed by atoms with Crippen molar-refractivity contribution in [3.8, 4) is 0 Å². The fraction of sp³-hybridized carbons (Fsp3) is 0.160. The molecule has 0 saturated carbocycles. The summed E-state index contributed by atoms with van der Waals surface area (Å²) in [5.41, 5.74) is 3.13. The van der Waals surface area contributed by atoms with Gasteiger partial charge in [-0.25, -0.2) is 4.79 Å². The number of aryl methyl sites for hydroxylation is 1. The molecule has 31 heavy (non-hydrogen) atoms. The lowest BCUT2D eigenvalue weighted by atomic mass is 10.1. The van der Waals surface area contributed by atoms with Crippen LogP contribution in [0.5, 0.6) is 0 Å². The molecule has 0 fully saturated rings. The van der Waals surface area contributed by atoms with Gasteiger partial charge in [0, 0.05) is 6.54 Å². The van der Waals surface area contributed by atoms with Crippen molar-refractivity contribution in [2.24, 2.45) is 0 Å². The van der Waals surface area contributed by atoms with Gasteiger partial charge >= 0.3 is 5.97 Å². The first kappa shape index (κ1) is 21.8. The van der Waals surface area contributed by atoms with Crippen LogP contribution in [0.1, 0.15) is 31.8 Å². The zero-order valence-corrected chi connectivity index (χ0v) is 17.3. The van der Waals surface area contributed by atoms with Crippen LogP contribution < -0.4 is 10.6 Å². The van der Waals surface area contributed by atoms with Gasteiger partial charge in [0.25, 0.3) is 11.8 Å². The summed E-state index contributed by atoms with van der Waals surface area (Å²) in [5, 5.41) is 5.50. The van der Waals surface area contributed by atoms with Crippen LogP contribution in [0.25, 0.3) is 0 Å². The van der Waals surface area contributed by atoms with Crippen LogP contribution in [0, 0.1) is 6.92 Å². The number of nitrogens with one attached hydrogen (secondary N) is 2. The number of carbonyl (C=O) groups is 3. The smallest absolute Gasteiger partial charge is 0.338 e. The van der Waals surface area contributed by atoms with Crippen molar-refractivity contribution >= 4 is 23.5 Å². The van der Waals surface area contributed by atoms with Crippen molar-refractivity contribution in [2.45, 2.75) is 13.3 Å². The quantitative estimate of drug-likeness (QED) is 0.548. The molecule has 2 amide bonds. The number of hydrogen-bond acceptors (Lipinski definition) is 4. The van der Waals surface area contributed by atoms with Crippen LogP contribution in [0.15, 0.2) is 78.9 Å². The fourth-order valence-electron chi connectivity index (χ4n) is 3.02. The Hall–Kier alpha value is -3.93. The van der Waals surface area contributed by atoms with E-state index in [1.54, 1.807) is 42.5 Å². The molecular weight excluding hydrogens is 392 g/mol. The maximum absolute atomic E-state index is 12.6. The molecule has 0 unspecified atom stereocenters. The highest BCUT2D eigenvalue weighted by molar-refractivity contribution is 6.04. The predicted octanol–water partition coefficient (Wildman–Crippen LogP) is 3.76. The first-order valence-corrected chi connectivity index (χ1v) is 9.98. The van der Waals surface area contributed by atoms with Crippen molar-refractivity contribution in [3.05, 3.63) is 101 Å². The lowest BCUT2D eigenvalue weighted by molar-refractivity contribution is -0.119. The van der Waals surface area contributed by atoms with Gasteiger partial charge in [-0.15, -0.1) is 0 Å². The van der Waals surface area contributed by atoms with Crippen molar-refractivity contribution in [1.82, 2.24) is 5.32 Å². The van der Waals surface area contributed by atoms with Crippen LogP contribution in [0.4, 0.5) is 5.69 Å². The summed E-state index contributed by atoms with van der Waals surface area (Å²) < 4.78 is 5.08. The van der Waals surface area contributed by atoms with E-state index in [1.807, 2.05) is 43.3 Å². The summed E-state index contributed by atoms with van der Waals surface area (Å²) in [6.07, 6.45) is 0.704. The molecule has 0 heterocycles. The van der Waals surface area contributed by atoms with E-state index in [4.69, 9.17) is 4.74 Å². The Morgan fingerprint density at radius 2 is 1.61 bits per heavy atom. The first-order chi connectivity index (χ1) is 15.0. The third-order valence-corrected chi connectivity index (χ3v) is 4.58. The summed E-state index contributed by atoms with van der Waals surface area (Å²) >= 11 is 0. The van der Waals surface area contributed by atoms with E-state index in [1.165, 1.54) is 0 Å². The van der Waals surface area contributed by atoms with E-state index in [2.05, 4.69) is 10.6 Å². The Bertz CT molecular complexity index is 1060. The molecule has 3 aromatic rings. The molecule has 158 valence electrons. The second-order valence-corrected chi connectivity index (χ2v) is 7.03. The van der Waals surface area contributed by atoms with Crippen LogP contribution >= 0.6 is 0 Å². The third-order valence-electron chi connectivity index (χ3n) is 4.58. The number of esters is 1. The molecule has 6 nitrogen and oxygen atoms in total. The minimum absolute atomic E-state index is 0.288. The summed E-state index contributed by atoms with van der Waals surface area (Å²) in [7, 11) is 0. The third kappa shape index (κ3) is 6.54. The zero-order chi connectivity index (χ0) is 22.1. The average molecular weight is 416 g/mol. The molecule has 0 atom stereocenters.